The van der Waals surface area contributed by atoms with Gasteiger partial charge in [-0.15, -0.1) is 0 Å². The molecule has 3 saturated carbocycles. The number of rotatable bonds is 0. The summed E-state index contributed by atoms with van der Waals surface area (Å²) in [5.41, 5.74) is -0.415. The molecule has 5 aliphatic rings. The van der Waals surface area contributed by atoms with Gasteiger partial charge in [0.25, 0.3) is 0 Å². The molecule has 0 aromatic heterocycles. The summed E-state index contributed by atoms with van der Waals surface area (Å²) in [5, 5.41) is 0. The lowest BCUT2D eigenvalue weighted by Crippen LogP contribution is -2.41. The topological polar surface area (TPSA) is 43.4 Å². The zero-order valence-electron chi connectivity index (χ0n) is 10.2. The van der Waals surface area contributed by atoms with E-state index in [1.807, 2.05) is 0 Å². The van der Waals surface area contributed by atoms with Crippen LogP contribution in [0.15, 0.2) is 12.2 Å². The molecule has 0 aromatic rings. The molecular formula is C15H16O3. The number of esters is 2. The van der Waals surface area contributed by atoms with Crippen molar-refractivity contribution in [2.75, 3.05) is 0 Å². The third-order valence-corrected chi connectivity index (χ3v) is 6.56. The van der Waals surface area contributed by atoms with Crippen LogP contribution in [-0.2, 0) is 14.3 Å². The molecule has 94 valence electrons. The molecule has 4 fully saturated rings. The maximum atomic E-state index is 12.1. The van der Waals surface area contributed by atoms with Crippen molar-refractivity contribution >= 4 is 11.9 Å². The third kappa shape index (κ3) is 0.856. The van der Waals surface area contributed by atoms with Gasteiger partial charge in [0.05, 0.1) is 11.8 Å². The van der Waals surface area contributed by atoms with Crippen molar-refractivity contribution in [3.8, 4) is 0 Å². The average Bonchev–Trinajstić information content (AvgIpc) is 3.07. The van der Waals surface area contributed by atoms with E-state index < -0.39 is 5.41 Å². The van der Waals surface area contributed by atoms with Crippen LogP contribution in [0.1, 0.15) is 25.7 Å². The van der Waals surface area contributed by atoms with Crippen LogP contribution in [-0.4, -0.2) is 11.9 Å². The van der Waals surface area contributed by atoms with Gasteiger partial charge in [0.1, 0.15) is 0 Å². The smallest absolute Gasteiger partial charge is 0.320 e. The minimum absolute atomic E-state index is 0.204. The average molecular weight is 244 g/mol. The molecule has 18 heavy (non-hydrogen) atoms. The Morgan fingerprint density at radius 2 is 1.89 bits per heavy atom. The molecule has 1 saturated heterocycles. The van der Waals surface area contributed by atoms with E-state index in [1.54, 1.807) is 0 Å². The number of ether oxygens (including phenoxy) is 1. The minimum atomic E-state index is -0.415. The largest absolute Gasteiger partial charge is 0.393 e. The van der Waals surface area contributed by atoms with Crippen LogP contribution in [0.3, 0.4) is 0 Å². The quantitative estimate of drug-likeness (QED) is 0.283. The van der Waals surface area contributed by atoms with E-state index in [-0.39, 0.29) is 11.9 Å². The van der Waals surface area contributed by atoms with Gasteiger partial charge in [0.15, 0.2) is 0 Å². The highest BCUT2D eigenvalue weighted by Crippen LogP contribution is 2.72. The molecule has 1 aliphatic heterocycles. The van der Waals surface area contributed by atoms with E-state index in [1.165, 1.54) is 6.42 Å². The zero-order chi connectivity index (χ0) is 12.1. The highest BCUT2D eigenvalue weighted by Gasteiger charge is 2.70. The predicted octanol–water partition coefficient (Wildman–Crippen LogP) is 1.92. The maximum absolute atomic E-state index is 12.1. The first-order valence-electron chi connectivity index (χ1n) is 7.12. The van der Waals surface area contributed by atoms with E-state index in [2.05, 4.69) is 12.2 Å². The summed E-state index contributed by atoms with van der Waals surface area (Å²) >= 11 is 0. The zero-order valence-corrected chi connectivity index (χ0v) is 10.2. The summed E-state index contributed by atoms with van der Waals surface area (Å²) < 4.78 is 4.88. The molecule has 5 rings (SSSR count). The van der Waals surface area contributed by atoms with Crippen LogP contribution in [0.2, 0.25) is 0 Å². The summed E-state index contributed by atoms with van der Waals surface area (Å²) in [5.74, 6) is 3.50. The number of hydrogen-bond donors (Lipinski definition) is 0. The number of allylic oxidation sites excluding steroid dienone is 2. The summed E-state index contributed by atoms with van der Waals surface area (Å²) in [6.45, 7) is 0. The Morgan fingerprint density at radius 1 is 1.11 bits per heavy atom. The lowest BCUT2D eigenvalue weighted by Gasteiger charge is -2.40. The monoisotopic (exact) mass is 244 g/mol. The number of cyclic esters (lactones) is 2. The lowest BCUT2D eigenvalue weighted by atomic mass is 9.61. The normalized spacial score (nSPS) is 58.9. The van der Waals surface area contributed by atoms with Crippen molar-refractivity contribution in [3.63, 3.8) is 0 Å². The van der Waals surface area contributed by atoms with Crippen LogP contribution >= 0.6 is 0 Å². The first-order chi connectivity index (χ1) is 8.69. The van der Waals surface area contributed by atoms with Gasteiger partial charge in [-0.25, -0.2) is 0 Å². The molecule has 4 bridgehead atoms. The van der Waals surface area contributed by atoms with Gasteiger partial charge in [-0.2, -0.15) is 0 Å². The Kier molecular flexibility index (Phi) is 1.48. The maximum Gasteiger partial charge on any atom is 0.320 e. The van der Waals surface area contributed by atoms with Crippen molar-refractivity contribution in [1.82, 2.24) is 0 Å². The Labute approximate surface area is 106 Å². The first kappa shape index (κ1) is 9.76. The number of hydrogen-bond acceptors (Lipinski definition) is 3. The molecule has 7 unspecified atom stereocenters. The summed E-state index contributed by atoms with van der Waals surface area (Å²) in [4.78, 5) is 23.6. The van der Waals surface area contributed by atoms with Crippen LogP contribution in [0.5, 0.6) is 0 Å². The summed E-state index contributed by atoms with van der Waals surface area (Å²) in [6.07, 6.45) is 8.49. The molecule has 0 radical (unpaired) electrons. The number of carbonyl (C=O) groups is 2. The Balaban J connectivity index is 1.59. The fraction of sp³-hybridized carbons (Fsp3) is 0.733. The molecular weight excluding hydrogens is 228 g/mol. The van der Waals surface area contributed by atoms with Crippen molar-refractivity contribution in [1.29, 1.82) is 0 Å². The Morgan fingerprint density at radius 3 is 2.61 bits per heavy atom. The first-order valence-corrected chi connectivity index (χ1v) is 7.12. The Hall–Kier alpha value is -1.12. The molecule has 3 nitrogen and oxygen atoms in total. The summed E-state index contributed by atoms with van der Waals surface area (Å²) in [7, 11) is 0. The van der Waals surface area contributed by atoms with Gasteiger partial charge < -0.3 is 4.74 Å². The second kappa shape index (κ2) is 2.73. The van der Waals surface area contributed by atoms with Crippen LogP contribution in [0.4, 0.5) is 0 Å². The van der Waals surface area contributed by atoms with Crippen LogP contribution in [0.25, 0.3) is 0 Å². The summed E-state index contributed by atoms with van der Waals surface area (Å²) in [6, 6.07) is 0. The van der Waals surface area contributed by atoms with Gasteiger partial charge >= 0.3 is 11.9 Å². The van der Waals surface area contributed by atoms with Gasteiger partial charge in [-0.3, -0.25) is 9.59 Å². The van der Waals surface area contributed by atoms with Crippen molar-refractivity contribution < 1.29 is 14.3 Å². The van der Waals surface area contributed by atoms with Crippen LogP contribution in [0, 0.1) is 40.9 Å². The van der Waals surface area contributed by atoms with E-state index >= 15 is 0 Å². The molecule has 0 N–H and O–H groups in total. The van der Waals surface area contributed by atoms with Crippen molar-refractivity contribution in [3.05, 3.63) is 12.2 Å². The van der Waals surface area contributed by atoms with Gasteiger partial charge in [0.2, 0.25) is 0 Å². The Bertz CT molecular complexity index is 508. The number of fused-ring (bicyclic) bond motifs is 10. The highest BCUT2D eigenvalue weighted by molar-refractivity contribution is 5.98. The van der Waals surface area contributed by atoms with E-state index in [0.717, 1.165) is 24.7 Å². The SMILES string of the molecule is O=C1CC2(CC3CC2C2C4C=CC(C4)C32)C(=O)O1. The van der Waals surface area contributed by atoms with Gasteiger partial charge in [-0.05, 0) is 54.8 Å². The van der Waals surface area contributed by atoms with Gasteiger partial charge in [-0.1, -0.05) is 12.2 Å². The second-order valence-corrected chi connectivity index (χ2v) is 7.00. The third-order valence-electron chi connectivity index (χ3n) is 6.56. The molecule has 4 aliphatic carbocycles. The molecule has 1 spiro atoms. The van der Waals surface area contributed by atoms with Crippen LogP contribution < -0.4 is 0 Å². The predicted molar refractivity (Wildman–Crippen MR) is 62.1 cm³/mol. The highest BCUT2D eigenvalue weighted by atomic mass is 16.6. The lowest BCUT2D eigenvalue weighted by molar-refractivity contribution is -0.157. The number of carbonyl (C=O) groups excluding carboxylic acids is 2. The second-order valence-electron chi connectivity index (χ2n) is 7.00. The van der Waals surface area contributed by atoms with E-state index in [4.69, 9.17) is 4.74 Å². The molecule has 7 atom stereocenters. The van der Waals surface area contributed by atoms with Crippen molar-refractivity contribution in [2.45, 2.75) is 25.7 Å². The fourth-order valence-electron chi connectivity index (χ4n) is 6.21. The molecule has 3 heteroatoms. The molecule has 0 aromatic carbocycles. The van der Waals surface area contributed by atoms with E-state index in [0.29, 0.717) is 30.1 Å². The van der Waals surface area contributed by atoms with Gasteiger partial charge in [0, 0.05) is 0 Å². The van der Waals surface area contributed by atoms with E-state index in [9.17, 15) is 9.59 Å². The standard InChI is InChI=1S/C15H16O3/c16-11-6-15(14(17)18-11)5-9-4-10(15)13-8-2-1-7(3-8)12(9)13/h1-2,7-10,12-13H,3-6H2. The fourth-order valence-corrected chi connectivity index (χ4v) is 6.21. The molecule has 0 amide bonds. The molecule has 1 heterocycles. The minimum Gasteiger partial charge on any atom is -0.393 e. The van der Waals surface area contributed by atoms with Crippen molar-refractivity contribution in [2.24, 2.45) is 40.9 Å².